The van der Waals surface area contributed by atoms with Crippen LogP contribution in [0.4, 0.5) is 0 Å². The van der Waals surface area contributed by atoms with Gasteiger partial charge in [0, 0.05) is 25.4 Å². The molecule has 1 aromatic rings. The maximum absolute atomic E-state index is 11.6. The first-order valence-electron chi connectivity index (χ1n) is 6.45. The van der Waals surface area contributed by atoms with E-state index >= 15 is 0 Å². The lowest BCUT2D eigenvalue weighted by Gasteiger charge is -2.04. The molecule has 0 radical (unpaired) electrons. The highest BCUT2D eigenvalue weighted by atomic mass is 16.4. The van der Waals surface area contributed by atoms with Crippen LogP contribution in [0.3, 0.4) is 0 Å². The molecule has 0 aliphatic rings. The molecule has 2 N–H and O–H groups in total. The maximum Gasteiger partial charge on any atom is 0.303 e. The van der Waals surface area contributed by atoms with Gasteiger partial charge in [-0.15, -0.1) is 0 Å². The minimum atomic E-state index is -0.739. The molecule has 0 saturated heterocycles. The minimum absolute atomic E-state index is 0.161. The van der Waals surface area contributed by atoms with Crippen molar-refractivity contribution >= 4 is 11.9 Å². The summed E-state index contributed by atoms with van der Waals surface area (Å²) in [6.45, 7) is 0.618. The summed E-state index contributed by atoms with van der Waals surface area (Å²) in [4.78, 5) is 29.4. The van der Waals surface area contributed by atoms with Gasteiger partial charge in [0.25, 0.3) is 5.91 Å². The quantitative estimate of drug-likeness (QED) is 0.662. The topological polar surface area (TPSA) is 92.2 Å². The standard InChI is InChI=1S/C13H19N3O3/c17-12(18)6-4-2-1-3-5-7-16-13(19)11-8-14-10-15-9-11/h8-10H,1-7H2,(H,16,19)(H,17,18). The minimum Gasteiger partial charge on any atom is -0.481 e. The normalized spacial score (nSPS) is 10.1. The molecule has 6 nitrogen and oxygen atoms in total. The Bertz CT molecular complexity index is 395. The summed E-state index contributed by atoms with van der Waals surface area (Å²) in [7, 11) is 0. The van der Waals surface area contributed by atoms with Gasteiger partial charge >= 0.3 is 5.97 Å². The second-order valence-electron chi connectivity index (χ2n) is 4.29. The summed E-state index contributed by atoms with van der Waals surface area (Å²) in [6.07, 6.45) is 9.12. The van der Waals surface area contributed by atoms with E-state index in [4.69, 9.17) is 5.11 Å². The Balaban J connectivity index is 1.99. The van der Waals surface area contributed by atoms with Gasteiger partial charge in [-0.2, -0.15) is 0 Å². The zero-order valence-corrected chi connectivity index (χ0v) is 10.8. The number of nitrogens with one attached hydrogen (secondary N) is 1. The molecule has 0 aliphatic carbocycles. The Labute approximate surface area is 112 Å². The van der Waals surface area contributed by atoms with Crippen LogP contribution < -0.4 is 5.32 Å². The van der Waals surface area contributed by atoms with E-state index in [2.05, 4.69) is 15.3 Å². The monoisotopic (exact) mass is 265 g/mol. The largest absolute Gasteiger partial charge is 0.481 e. The zero-order chi connectivity index (χ0) is 13.9. The Morgan fingerprint density at radius 1 is 1.05 bits per heavy atom. The van der Waals surface area contributed by atoms with E-state index < -0.39 is 5.97 Å². The molecule has 0 spiro atoms. The highest BCUT2D eigenvalue weighted by molar-refractivity contribution is 5.93. The first-order chi connectivity index (χ1) is 9.20. The third-order valence-electron chi connectivity index (χ3n) is 2.68. The van der Waals surface area contributed by atoms with Gasteiger partial charge in [0.1, 0.15) is 6.33 Å². The number of carbonyl (C=O) groups is 2. The molecule has 1 amide bonds. The van der Waals surface area contributed by atoms with Crippen molar-refractivity contribution in [2.75, 3.05) is 6.54 Å². The van der Waals surface area contributed by atoms with E-state index in [1.807, 2.05) is 0 Å². The fourth-order valence-electron chi connectivity index (χ4n) is 1.65. The highest BCUT2D eigenvalue weighted by Crippen LogP contribution is 2.05. The Kier molecular flexibility index (Phi) is 7.16. The maximum atomic E-state index is 11.6. The van der Waals surface area contributed by atoms with Crippen molar-refractivity contribution in [3.8, 4) is 0 Å². The average Bonchev–Trinajstić information content (AvgIpc) is 2.42. The van der Waals surface area contributed by atoms with Crippen molar-refractivity contribution in [1.82, 2.24) is 15.3 Å². The van der Waals surface area contributed by atoms with Crippen LogP contribution in [0.15, 0.2) is 18.7 Å². The Morgan fingerprint density at radius 3 is 2.37 bits per heavy atom. The summed E-state index contributed by atoms with van der Waals surface area (Å²) in [5.74, 6) is -0.899. The molecule has 6 heteroatoms. The van der Waals surface area contributed by atoms with Gasteiger partial charge in [-0.1, -0.05) is 19.3 Å². The molecule has 0 saturated carbocycles. The van der Waals surface area contributed by atoms with Crippen LogP contribution in [0.1, 0.15) is 48.9 Å². The summed E-state index contributed by atoms with van der Waals surface area (Å²) in [5, 5.41) is 11.3. The molecule has 0 aliphatic heterocycles. The number of amides is 1. The number of carboxylic acid groups (broad SMARTS) is 1. The van der Waals surface area contributed by atoms with Crippen LogP contribution >= 0.6 is 0 Å². The summed E-state index contributed by atoms with van der Waals surface area (Å²) in [6, 6.07) is 0. The van der Waals surface area contributed by atoms with E-state index in [-0.39, 0.29) is 12.3 Å². The van der Waals surface area contributed by atoms with Crippen molar-refractivity contribution in [2.45, 2.75) is 38.5 Å². The van der Waals surface area contributed by atoms with Crippen molar-refractivity contribution in [1.29, 1.82) is 0 Å². The molecule has 1 aromatic heterocycles. The lowest BCUT2D eigenvalue weighted by molar-refractivity contribution is -0.137. The van der Waals surface area contributed by atoms with Gasteiger partial charge in [-0.05, 0) is 12.8 Å². The van der Waals surface area contributed by atoms with Crippen molar-refractivity contribution in [2.24, 2.45) is 0 Å². The Hall–Kier alpha value is -1.98. The van der Waals surface area contributed by atoms with E-state index in [1.54, 1.807) is 0 Å². The predicted molar refractivity (Wildman–Crippen MR) is 69.7 cm³/mol. The van der Waals surface area contributed by atoms with Gasteiger partial charge in [-0.25, -0.2) is 9.97 Å². The molecule has 0 unspecified atom stereocenters. The zero-order valence-electron chi connectivity index (χ0n) is 10.8. The van der Waals surface area contributed by atoms with Gasteiger partial charge < -0.3 is 10.4 Å². The first-order valence-corrected chi connectivity index (χ1v) is 6.45. The van der Waals surface area contributed by atoms with Crippen LogP contribution in [-0.4, -0.2) is 33.5 Å². The molecule has 0 bridgehead atoms. The van der Waals surface area contributed by atoms with Gasteiger partial charge in [-0.3, -0.25) is 9.59 Å². The fourth-order valence-corrected chi connectivity index (χ4v) is 1.65. The lowest BCUT2D eigenvalue weighted by atomic mass is 10.1. The first kappa shape index (κ1) is 15.1. The van der Waals surface area contributed by atoms with Crippen LogP contribution in [0.5, 0.6) is 0 Å². The number of unbranched alkanes of at least 4 members (excludes halogenated alkanes) is 4. The molecule has 1 rings (SSSR count). The predicted octanol–water partition coefficient (Wildman–Crippen LogP) is 1.63. The molecule has 19 heavy (non-hydrogen) atoms. The summed E-state index contributed by atoms with van der Waals surface area (Å²) >= 11 is 0. The number of carbonyl (C=O) groups excluding carboxylic acids is 1. The SMILES string of the molecule is O=C(O)CCCCCCCNC(=O)c1cncnc1. The highest BCUT2D eigenvalue weighted by Gasteiger charge is 2.04. The number of rotatable bonds is 9. The van der Waals surface area contributed by atoms with Crippen molar-refractivity contribution in [3.05, 3.63) is 24.3 Å². The molecule has 0 atom stereocenters. The molecule has 1 heterocycles. The number of carboxylic acids is 1. The molecule has 0 fully saturated rings. The second-order valence-corrected chi connectivity index (χ2v) is 4.29. The molecular weight excluding hydrogens is 246 g/mol. The number of hydrogen-bond acceptors (Lipinski definition) is 4. The molecule has 104 valence electrons. The van der Waals surface area contributed by atoms with E-state index in [0.29, 0.717) is 12.1 Å². The lowest BCUT2D eigenvalue weighted by Crippen LogP contribution is -2.24. The number of nitrogens with zero attached hydrogens (tertiary/aromatic N) is 2. The van der Waals surface area contributed by atoms with E-state index in [0.717, 1.165) is 32.1 Å². The summed E-state index contributed by atoms with van der Waals surface area (Å²) < 4.78 is 0. The number of aliphatic carboxylic acids is 1. The van der Waals surface area contributed by atoms with Crippen LogP contribution in [-0.2, 0) is 4.79 Å². The molecule has 0 aromatic carbocycles. The van der Waals surface area contributed by atoms with Gasteiger partial charge in [0.05, 0.1) is 5.56 Å². The number of aromatic nitrogens is 2. The Morgan fingerprint density at radius 2 is 1.68 bits per heavy atom. The van der Waals surface area contributed by atoms with Crippen molar-refractivity contribution in [3.63, 3.8) is 0 Å². The average molecular weight is 265 g/mol. The van der Waals surface area contributed by atoms with Crippen molar-refractivity contribution < 1.29 is 14.7 Å². The summed E-state index contributed by atoms with van der Waals surface area (Å²) in [5.41, 5.74) is 0.462. The van der Waals surface area contributed by atoms with Crippen LogP contribution in [0.25, 0.3) is 0 Å². The van der Waals surface area contributed by atoms with Crippen LogP contribution in [0.2, 0.25) is 0 Å². The number of hydrogen-bond donors (Lipinski definition) is 2. The molecular formula is C13H19N3O3. The third-order valence-corrected chi connectivity index (χ3v) is 2.68. The smallest absolute Gasteiger partial charge is 0.303 e. The third kappa shape index (κ3) is 7.13. The van der Waals surface area contributed by atoms with Gasteiger partial charge in [0.15, 0.2) is 0 Å². The van der Waals surface area contributed by atoms with E-state index in [1.165, 1.54) is 18.7 Å². The van der Waals surface area contributed by atoms with E-state index in [9.17, 15) is 9.59 Å². The second kappa shape index (κ2) is 9.02. The van der Waals surface area contributed by atoms with Crippen LogP contribution in [0, 0.1) is 0 Å². The fraction of sp³-hybridized carbons (Fsp3) is 0.538. The van der Waals surface area contributed by atoms with Gasteiger partial charge in [0.2, 0.25) is 0 Å².